The molecule has 0 aliphatic heterocycles. The van der Waals surface area contributed by atoms with Crippen molar-refractivity contribution in [3.63, 3.8) is 0 Å². The molecule has 1 aromatic carbocycles. The Morgan fingerprint density at radius 3 is 2.45 bits per heavy atom. The lowest BCUT2D eigenvalue weighted by atomic mass is 10.0. The van der Waals surface area contributed by atoms with Gasteiger partial charge in [-0.25, -0.2) is 0 Å². The molecule has 0 fully saturated rings. The third-order valence-corrected chi connectivity index (χ3v) is 5.58. The third-order valence-electron chi connectivity index (χ3n) is 4.93. The number of H-pyrrole nitrogens is 1. The highest BCUT2D eigenvalue weighted by atomic mass is 32.2. The quantitative estimate of drug-likeness (QED) is 0.190. The molecule has 180 valence electrons. The van der Waals surface area contributed by atoms with E-state index in [2.05, 4.69) is 20.9 Å². The van der Waals surface area contributed by atoms with Gasteiger partial charge in [-0.15, -0.1) is 0 Å². The Hall–Kier alpha value is -3.09. The standard InChI is InChI=1S/C21H29N5O6S/c1-33-7-6-14(22)19(30)25-16(8-12-9-23-15-5-3-2-4-13(12)15)21(32)26-17(11-27)20(31)24-10-18(28)29/h2-5,9,14,16-17,23,27H,6-8,10-11,22H2,1H3,(H,24,31)(H,25,30)(H,26,32)(H,28,29). The number of hydrogen-bond donors (Lipinski definition) is 7. The predicted molar refractivity (Wildman–Crippen MR) is 125 cm³/mol. The molecule has 0 bridgehead atoms. The van der Waals surface area contributed by atoms with Gasteiger partial charge in [0.2, 0.25) is 17.7 Å². The molecule has 2 rings (SSSR count). The smallest absolute Gasteiger partial charge is 0.322 e. The van der Waals surface area contributed by atoms with Gasteiger partial charge in [-0.2, -0.15) is 11.8 Å². The van der Waals surface area contributed by atoms with Crippen LogP contribution in [0.15, 0.2) is 30.5 Å². The van der Waals surface area contributed by atoms with E-state index in [4.69, 9.17) is 10.8 Å². The van der Waals surface area contributed by atoms with Gasteiger partial charge in [-0.1, -0.05) is 18.2 Å². The minimum absolute atomic E-state index is 0.103. The molecule has 12 heteroatoms. The number of fused-ring (bicyclic) bond motifs is 1. The fourth-order valence-corrected chi connectivity index (χ4v) is 3.63. The number of aliphatic carboxylic acids is 1. The number of carbonyl (C=O) groups excluding carboxylic acids is 3. The van der Waals surface area contributed by atoms with Crippen molar-refractivity contribution < 1.29 is 29.4 Å². The first-order valence-corrected chi connectivity index (χ1v) is 11.7. The Balaban J connectivity index is 2.19. The van der Waals surface area contributed by atoms with Crippen molar-refractivity contribution in [3.8, 4) is 0 Å². The van der Waals surface area contributed by atoms with Gasteiger partial charge in [0, 0.05) is 23.5 Å². The molecule has 3 atom stereocenters. The number of amides is 3. The van der Waals surface area contributed by atoms with Crippen LogP contribution in [-0.4, -0.2) is 82.2 Å². The molecule has 0 saturated carbocycles. The van der Waals surface area contributed by atoms with Gasteiger partial charge in [0.25, 0.3) is 0 Å². The topological polar surface area (TPSA) is 187 Å². The number of carboxylic acids is 1. The summed E-state index contributed by atoms with van der Waals surface area (Å²) in [5.41, 5.74) is 7.56. The van der Waals surface area contributed by atoms with Crippen LogP contribution in [0.3, 0.4) is 0 Å². The van der Waals surface area contributed by atoms with Crippen LogP contribution in [-0.2, 0) is 25.6 Å². The molecule has 0 saturated heterocycles. The zero-order valence-electron chi connectivity index (χ0n) is 18.2. The number of aliphatic hydroxyl groups excluding tert-OH is 1. The number of thioether (sulfide) groups is 1. The van der Waals surface area contributed by atoms with Crippen LogP contribution < -0.4 is 21.7 Å². The summed E-state index contributed by atoms with van der Waals surface area (Å²) in [6, 6.07) is 4.17. The molecule has 0 aliphatic carbocycles. The van der Waals surface area contributed by atoms with E-state index in [1.54, 1.807) is 18.0 Å². The molecule has 3 unspecified atom stereocenters. The number of para-hydroxylation sites is 1. The van der Waals surface area contributed by atoms with Crippen molar-refractivity contribution in [1.29, 1.82) is 0 Å². The van der Waals surface area contributed by atoms with Crippen molar-refractivity contribution in [1.82, 2.24) is 20.9 Å². The van der Waals surface area contributed by atoms with E-state index in [0.29, 0.717) is 12.2 Å². The summed E-state index contributed by atoms with van der Waals surface area (Å²) < 4.78 is 0. The van der Waals surface area contributed by atoms with E-state index >= 15 is 0 Å². The Bertz CT molecular complexity index is 981. The summed E-state index contributed by atoms with van der Waals surface area (Å²) in [6.07, 6.45) is 4.15. The van der Waals surface area contributed by atoms with Crippen LogP contribution in [0.4, 0.5) is 0 Å². The van der Waals surface area contributed by atoms with E-state index in [-0.39, 0.29) is 6.42 Å². The summed E-state index contributed by atoms with van der Waals surface area (Å²) in [5, 5.41) is 26.2. The minimum atomic E-state index is -1.38. The lowest BCUT2D eigenvalue weighted by Gasteiger charge is -2.23. The summed E-state index contributed by atoms with van der Waals surface area (Å²) in [5.74, 6) is -2.68. The van der Waals surface area contributed by atoms with Crippen LogP contribution in [0.2, 0.25) is 0 Å². The molecule has 8 N–H and O–H groups in total. The molecule has 2 aromatic rings. The van der Waals surface area contributed by atoms with Crippen LogP contribution in [0.5, 0.6) is 0 Å². The maximum atomic E-state index is 13.0. The molecule has 1 aromatic heterocycles. The van der Waals surface area contributed by atoms with Crippen molar-refractivity contribution in [3.05, 3.63) is 36.0 Å². The second-order valence-electron chi connectivity index (χ2n) is 7.37. The van der Waals surface area contributed by atoms with Gasteiger partial charge in [0.05, 0.1) is 12.6 Å². The monoisotopic (exact) mass is 479 g/mol. The Kier molecular flexibility index (Phi) is 10.2. The number of nitrogens with one attached hydrogen (secondary N) is 4. The molecule has 0 spiro atoms. The van der Waals surface area contributed by atoms with Crippen molar-refractivity contribution in [2.45, 2.75) is 31.0 Å². The Morgan fingerprint density at radius 2 is 1.79 bits per heavy atom. The summed E-state index contributed by atoms with van der Waals surface area (Å²) in [6.45, 7) is -1.41. The van der Waals surface area contributed by atoms with Gasteiger partial charge in [-0.3, -0.25) is 19.2 Å². The minimum Gasteiger partial charge on any atom is -0.480 e. The summed E-state index contributed by atoms with van der Waals surface area (Å²) in [4.78, 5) is 51.5. The first-order chi connectivity index (χ1) is 15.8. The largest absolute Gasteiger partial charge is 0.480 e. The molecular formula is C21H29N5O6S. The molecule has 0 aliphatic rings. The van der Waals surface area contributed by atoms with Gasteiger partial charge in [0.15, 0.2) is 0 Å². The highest BCUT2D eigenvalue weighted by Crippen LogP contribution is 2.19. The fraction of sp³-hybridized carbons (Fsp3) is 0.429. The van der Waals surface area contributed by atoms with Crippen LogP contribution in [0.1, 0.15) is 12.0 Å². The van der Waals surface area contributed by atoms with Gasteiger partial charge >= 0.3 is 5.97 Å². The van der Waals surface area contributed by atoms with E-state index in [1.807, 2.05) is 30.5 Å². The molecule has 33 heavy (non-hydrogen) atoms. The van der Waals surface area contributed by atoms with Crippen LogP contribution >= 0.6 is 11.8 Å². The zero-order valence-corrected chi connectivity index (χ0v) is 19.0. The number of nitrogens with two attached hydrogens (primary N) is 1. The van der Waals surface area contributed by atoms with Gasteiger partial charge in [0.1, 0.15) is 18.6 Å². The number of carbonyl (C=O) groups is 4. The summed E-state index contributed by atoms with van der Waals surface area (Å²) in [7, 11) is 0. The lowest BCUT2D eigenvalue weighted by Crippen LogP contribution is -2.57. The zero-order chi connectivity index (χ0) is 24.4. The molecule has 0 radical (unpaired) electrons. The second kappa shape index (κ2) is 12.8. The summed E-state index contributed by atoms with van der Waals surface area (Å²) >= 11 is 1.54. The molecule has 3 amide bonds. The number of aromatic amines is 1. The number of rotatable bonds is 13. The van der Waals surface area contributed by atoms with E-state index in [0.717, 1.165) is 16.5 Å². The molecule has 11 nitrogen and oxygen atoms in total. The average molecular weight is 480 g/mol. The van der Waals surface area contributed by atoms with E-state index < -0.39 is 55.0 Å². The number of aromatic nitrogens is 1. The van der Waals surface area contributed by atoms with Gasteiger partial charge in [-0.05, 0) is 30.1 Å². The maximum absolute atomic E-state index is 13.0. The fourth-order valence-electron chi connectivity index (χ4n) is 3.14. The maximum Gasteiger partial charge on any atom is 0.322 e. The highest BCUT2D eigenvalue weighted by molar-refractivity contribution is 7.98. The normalized spacial score (nSPS) is 13.7. The average Bonchev–Trinajstić information content (AvgIpc) is 3.21. The number of hydrogen-bond acceptors (Lipinski definition) is 7. The SMILES string of the molecule is CSCCC(N)C(=O)NC(Cc1c[nH]c2ccccc12)C(=O)NC(CO)C(=O)NCC(=O)O. The number of benzene rings is 1. The number of aliphatic hydroxyl groups is 1. The predicted octanol–water partition coefficient (Wildman–Crippen LogP) is -1.05. The highest BCUT2D eigenvalue weighted by Gasteiger charge is 2.28. The first-order valence-electron chi connectivity index (χ1n) is 10.3. The van der Waals surface area contributed by atoms with E-state index in [1.165, 1.54) is 0 Å². The third kappa shape index (κ3) is 7.77. The van der Waals surface area contributed by atoms with Crippen molar-refractivity contribution in [2.24, 2.45) is 5.73 Å². The van der Waals surface area contributed by atoms with Crippen molar-refractivity contribution in [2.75, 3.05) is 25.2 Å². The Labute approximate surface area is 194 Å². The molecule has 1 heterocycles. The number of carboxylic acid groups (broad SMARTS) is 1. The van der Waals surface area contributed by atoms with Gasteiger partial charge < -0.3 is 36.9 Å². The lowest BCUT2D eigenvalue weighted by molar-refractivity contribution is -0.138. The van der Waals surface area contributed by atoms with E-state index in [9.17, 15) is 24.3 Å². The second-order valence-corrected chi connectivity index (χ2v) is 8.35. The van der Waals surface area contributed by atoms with Crippen LogP contribution in [0, 0.1) is 0 Å². The van der Waals surface area contributed by atoms with Crippen LogP contribution in [0.25, 0.3) is 10.9 Å². The first kappa shape index (κ1) is 26.2. The Morgan fingerprint density at radius 1 is 1.09 bits per heavy atom. The molecular weight excluding hydrogens is 450 g/mol. The van der Waals surface area contributed by atoms with Crippen molar-refractivity contribution >= 4 is 46.4 Å².